The number of likely N-dealkylation sites (N-methyl/N-ethyl adjacent to an activating group) is 2. The molecule has 0 spiro atoms. The molecule has 2 nitrogen and oxygen atoms in total. The largest absolute Gasteiger partial charge is 0.302 e. The summed E-state index contributed by atoms with van der Waals surface area (Å²) in [5.74, 6) is 1.90. The Morgan fingerprint density at radius 1 is 0.714 bits per heavy atom. The van der Waals surface area contributed by atoms with Crippen LogP contribution in [0.5, 0.6) is 0 Å². The first kappa shape index (κ1) is 14.6. The molecule has 0 N–H and O–H groups in total. The smallest absolute Gasteiger partial charge is 0.0110 e. The van der Waals surface area contributed by atoms with E-state index in [1.165, 1.54) is 0 Å². The summed E-state index contributed by atoms with van der Waals surface area (Å²) in [4.78, 5) is 4.88. The van der Waals surface area contributed by atoms with Crippen molar-refractivity contribution in [2.24, 2.45) is 0 Å². The van der Waals surface area contributed by atoms with Gasteiger partial charge < -0.3 is 9.80 Å². The fourth-order valence-corrected chi connectivity index (χ4v) is 1.99. The lowest BCUT2D eigenvalue weighted by Crippen LogP contribution is -2.36. The summed E-state index contributed by atoms with van der Waals surface area (Å²) in [6.07, 6.45) is 0. The van der Waals surface area contributed by atoms with E-state index < -0.39 is 0 Å². The van der Waals surface area contributed by atoms with Crippen molar-refractivity contribution in [2.75, 3.05) is 50.8 Å². The van der Waals surface area contributed by atoms with Crippen molar-refractivity contribution in [3.63, 3.8) is 0 Å². The topological polar surface area (TPSA) is 6.48 Å². The van der Waals surface area contributed by atoms with Gasteiger partial charge in [-0.05, 0) is 13.1 Å². The first-order chi connectivity index (χ1) is 6.78. The van der Waals surface area contributed by atoms with Crippen molar-refractivity contribution in [3.8, 4) is 0 Å². The maximum absolute atomic E-state index is 4.26. The second kappa shape index (κ2) is 10.1. The molecule has 0 aromatic rings. The van der Waals surface area contributed by atoms with Crippen LogP contribution in [0.1, 0.15) is 13.8 Å². The van der Waals surface area contributed by atoms with Crippen LogP contribution in [0.4, 0.5) is 0 Å². The molecule has 0 rings (SSSR count). The molecule has 0 aliphatic rings. The van der Waals surface area contributed by atoms with Gasteiger partial charge >= 0.3 is 0 Å². The van der Waals surface area contributed by atoms with Crippen LogP contribution in [-0.2, 0) is 0 Å². The lowest BCUT2D eigenvalue weighted by Gasteiger charge is -2.25. The van der Waals surface area contributed by atoms with Crippen LogP contribution in [0.15, 0.2) is 0 Å². The van der Waals surface area contributed by atoms with Gasteiger partial charge in [0.05, 0.1) is 0 Å². The Bertz CT molecular complexity index is 109. The van der Waals surface area contributed by atoms with Gasteiger partial charge in [0.15, 0.2) is 0 Å². The van der Waals surface area contributed by atoms with Gasteiger partial charge in [0.25, 0.3) is 0 Å². The Morgan fingerprint density at radius 2 is 1.07 bits per heavy atom. The molecule has 0 aromatic heterocycles. The Kier molecular flexibility index (Phi) is 10.6. The van der Waals surface area contributed by atoms with Gasteiger partial charge in [0.2, 0.25) is 0 Å². The minimum absolute atomic E-state index is 0.951. The minimum Gasteiger partial charge on any atom is -0.302 e. The molecule has 0 fully saturated rings. The normalized spacial score (nSPS) is 11.6. The fourth-order valence-electron chi connectivity index (χ4n) is 1.42. The molecule has 0 atom stereocenters. The molecule has 0 saturated heterocycles. The van der Waals surface area contributed by atoms with Gasteiger partial charge in [-0.1, -0.05) is 13.8 Å². The fraction of sp³-hybridized carbons (Fsp3) is 1.00. The molecule has 0 aliphatic heterocycles. The van der Waals surface area contributed by atoms with Gasteiger partial charge in [-0.3, -0.25) is 0 Å². The highest BCUT2D eigenvalue weighted by atomic mass is 32.1. The number of hydrogen-bond donors (Lipinski definition) is 2. The molecule has 0 heterocycles. The zero-order chi connectivity index (χ0) is 10.8. The van der Waals surface area contributed by atoms with Crippen LogP contribution in [0, 0.1) is 0 Å². The zero-order valence-electron chi connectivity index (χ0n) is 9.45. The van der Waals surface area contributed by atoms with E-state index in [1.807, 2.05) is 0 Å². The second-order valence-electron chi connectivity index (χ2n) is 3.32. The predicted molar refractivity (Wildman–Crippen MR) is 71.9 cm³/mol. The van der Waals surface area contributed by atoms with Crippen molar-refractivity contribution >= 4 is 25.3 Å². The van der Waals surface area contributed by atoms with Crippen molar-refractivity contribution in [1.82, 2.24) is 9.80 Å². The molecule has 0 radical (unpaired) electrons. The standard InChI is InChI=1S/C10H24N2S2/c1-3-11(7-9-13)5-6-12(4-2)8-10-14/h13-14H,3-10H2,1-2H3. The maximum Gasteiger partial charge on any atom is 0.0110 e. The van der Waals surface area contributed by atoms with Gasteiger partial charge in [-0.2, -0.15) is 25.3 Å². The number of hydrogen-bond acceptors (Lipinski definition) is 4. The van der Waals surface area contributed by atoms with Gasteiger partial charge in [-0.25, -0.2) is 0 Å². The number of rotatable bonds is 9. The Labute approximate surface area is 99.9 Å². The molecule has 14 heavy (non-hydrogen) atoms. The summed E-state index contributed by atoms with van der Waals surface area (Å²) in [6.45, 7) is 11.2. The van der Waals surface area contributed by atoms with Crippen LogP contribution < -0.4 is 0 Å². The molecule has 0 amide bonds. The van der Waals surface area contributed by atoms with Gasteiger partial charge in [-0.15, -0.1) is 0 Å². The second-order valence-corrected chi connectivity index (χ2v) is 4.21. The lowest BCUT2D eigenvalue weighted by molar-refractivity contribution is 0.230. The monoisotopic (exact) mass is 236 g/mol. The molecule has 0 aromatic carbocycles. The molecule has 86 valence electrons. The Hall–Kier alpha value is 0.620. The summed E-state index contributed by atoms with van der Waals surface area (Å²) >= 11 is 8.51. The zero-order valence-corrected chi connectivity index (χ0v) is 11.2. The van der Waals surface area contributed by atoms with Gasteiger partial charge in [0, 0.05) is 37.7 Å². The van der Waals surface area contributed by atoms with Crippen LogP contribution in [-0.4, -0.2) is 60.6 Å². The minimum atomic E-state index is 0.951. The van der Waals surface area contributed by atoms with Gasteiger partial charge in [0.1, 0.15) is 0 Å². The van der Waals surface area contributed by atoms with Crippen LogP contribution >= 0.6 is 25.3 Å². The summed E-state index contributed by atoms with van der Waals surface area (Å²) in [5.41, 5.74) is 0. The van der Waals surface area contributed by atoms with E-state index in [0.717, 1.165) is 50.8 Å². The quantitative estimate of drug-likeness (QED) is 0.586. The third-order valence-corrected chi connectivity index (χ3v) is 2.86. The van der Waals surface area contributed by atoms with Crippen molar-refractivity contribution in [3.05, 3.63) is 0 Å². The summed E-state index contributed by atoms with van der Waals surface area (Å²) in [5, 5.41) is 0. The average Bonchev–Trinajstić information content (AvgIpc) is 2.22. The molecule has 4 heteroatoms. The number of thiol groups is 2. The van der Waals surface area contributed by atoms with Crippen LogP contribution in [0.3, 0.4) is 0 Å². The molecule has 0 unspecified atom stereocenters. The first-order valence-electron chi connectivity index (χ1n) is 5.44. The van der Waals surface area contributed by atoms with E-state index in [0.29, 0.717) is 0 Å². The predicted octanol–water partition coefficient (Wildman–Crippen LogP) is 1.49. The Balaban J connectivity index is 3.63. The van der Waals surface area contributed by atoms with E-state index in [2.05, 4.69) is 48.9 Å². The third-order valence-electron chi connectivity index (χ3n) is 2.46. The summed E-state index contributed by atoms with van der Waals surface area (Å²) in [6, 6.07) is 0. The van der Waals surface area contributed by atoms with E-state index >= 15 is 0 Å². The van der Waals surface area contributed by atoms with E-state index in [4.69, 9.17) is 0 Å². The van der Waals surface area contributed by atoms with Crippen LogP contribution in [0.25, 0.3) is 0 Å². The van der Waals surface area contributed by atoms with Crippen LogP contribution in [0.2, 0.25) is 0 Å². The average molecular weight is 236 g/mol. The van der Waals surface area contributed by atoms with E-state index in [-0.39, 0.29) is 0 Å². The summed E-state index contributed by atoms with van der Waals surface area (Å²) in [7, 11) is 0. The lowest BCUT2D eigenvalue weighted by atomic mass is 10.4. The third kappa shape index (κ3) is 6.98. The summed E-state index contributed by atoms with van der Waals surface area (Å²) < 4.78 is 0. The SMILES string of the molecule is CCN(CCS)CCN(CC)CCS. The molecule has 0 bridgehead atoms. The molecule has 0 aliphatic carbocycles. The molecule has 0 saturated carbocycles. The maximum atomic E-state index is 4.26. The molecular formula is C10H24N2S2. The van der Waals surface area contributed by atoms with Crippen molar-refractivity contribution in [2.45, 2.75) is 13.8 Å². The number of nitrogens with zero attached hydrogens (tertiary/aromatic N) is 2. The van der Waals surface area contributed by atoms with E-state index in [9.17, 15) is 0 Å². The van der Waals surface area contributed by atoms with E-state index in [1.54, 1.807) is 0 Å². The highest BCUT2D eigenvalue weighted by Gasteiger charge is 2.04. The molecular weight excluding hydrogens is 212 g/mol. The van der Waals surface area contributed by atoms with Crippen molar-refractivity contribution < 1.29 is 0 Å². The highest BCUT2D eigenvalue weighted by molar-refractivity contribution is 7.80. The Morgan fingerprint density at radius 3 is 1.29 bits per heavy atom. The highest BCUT2D eigenvalue weighted by Crippen LogP contribution is 1.94. The first-order valence-corrected chi connectivity index (χ1v) is 6.71. The van der Waals surface area contributed by atoms with Crippen molar-refractivity contribution in [1.29, 1.82) is 0 Å².